The highest BCUT2D eigenvalue weighted by molar-refractivity contribution is 5.17. The van der Waals surface area contributed by atoms with Crippen molar-refractivity contribution in [3.63, 3.8) is 0 Å². The topological polar surface area (TPSA) is 6.48 Å². The molecule has 1 aromatic rings. The van der Waals surface area contributed by atoms with E-state index >= 15 is 0 Å². The molecular formula is C15H22F2N2. The van der Waals surface area contributed by atoms with E-state index in [0.717, 1.165) is 38.3 Å². The minimum absolute atomic E-state index is 0.692. The molecule has 0 radical (unpaired) electrons. The van der Waals surface area contributed by atoms with Crippen molar-refractivity contribution in [1.82, 2.24) is 9.80 Å². The number of rotatable bonds is 4. The Morgan fingerprint density at radius 2 is 1.63 bits per heavy atom. The number of benzene rings is 1. The van der Waals surface area contributed by atoms with Crippen LogP contribution < -0.4 is 0 Å². The van der Waals surface area contributed by atoms with Crippen LogP contribution in [0.1, 0.15) is 19.4 Å². The summed E-state index contributed by atoms with van der Waals surface area (Å²) in [4.78, 5) is 4.76. The summed E-state index contributed by atoms with van der Waals surface area (Å²) in [6.07, 6.45) is 0. The van der Waals surface area contributed by atoms with Crippen molar-refractivity contribution in [1.29, 1.82) is 0 Å². The largest absolute Gasteiger partial charge is 0.301 e. The molecule has 0 unspecified atom stereocenters. The second kappa shape index (κ2) is 6.44. The van der Waals surface area contributed by atoms with Crippen LogP contribution in [0.4, 0.5) is 8.78 Å². The standard InChI is InChI=1S/C15H22F2N2/c1-12(2)10-18-5-7-19(8-6-18)11-13-3-4-14(16)15(17)9-13/h3-4,9,12H,5-8,10-11H2,1-2H3. The lowest BCUT2D eigenvalue weighted by molar-refractivity contribution is 0.117. The minimum atomic E-state index is -0.773. The third kappa shape index (κ3) is 4.25. The van der Waals surface area contributed by atoms with Crippen molar-refractivity contribution in [2.24, 2.45) is 5.92 Å². The van der Waals surface area contributed by atoms with Crippen molar-refractivity contribution >= 4 is 0 Å². The summed E-state index contributed by atoms with van der Waals surface area (Å²) in [5, 5.41) is 0. The summed E-state index contributed by atoms with van der Waals surface area (Å²) in [5.41, 5.74) is 0.844. The van der Waals surface area contributed by atoms with E-state index in [1.54, 1.807) is 6.07 Å². The maximum Gasteiger partial charge on any atom is 0.159 e. The smallest absolute Gasteiger partial charge is 0.159 e. The van der Waals surface area contributed by atoms with Crippen LogP contribution in [0.2, 0.25) is 0 Å². The molecule has 1 aromatic carbocycles. The SMILES string of the molecule is CC(C)CN1CCN(Cc2ccc(F)c(F)c2)CC1. The highest BCUT2D eigenvalue weighted by Crippen LogP contribution is 2.13. The molecule has 19 heavy (non-hydrogen) atoms. The Labute approximate surface area is 114 Å². The van der Waals surface area contributed by atoms with Gasteiger partial charge < -0.3 is 4.90 Å². The number of hydrogen-bond donors (Lipinski definition) is 0. The predicted octanol–water partition coefficient (Wildman–Crippen LogP) is 2.74. The second-order valence-corrected chi connectivity index (χ2v) is 5.72. The van der Waals surface area contributed by atoms with E-state index in [2.05, 4.69) is 23.6 Å². The lowest BCUT2D eigenvalue weighted by atomic mass is 10.1. The van der Waals surface area contributed by atoms with Gasteiger partial charge in [-0.25, -0.2) is 8.78 Å². The average Bonchev–Trinajstić information content (AvgIpc) is 2.36. The molecule has 0 spiro atoms. The van der Waals surface area contributed by atoms with Gasteiger partial charge in [0, 0.05) is 39.3 Å². The average molecular weight is 268 g/mol. The molecule has 4 heteroatoms. The van der Waals surface area contributed by atoms with Gasteiger partial charge >= 0.3 is 0 Å². The first kappa shape index (κ1) is 14.4. The molecule has 0 amide bonds. The molecule has 1 saturated heterocycles. The van der Waals surface area contributed by atoms with Crippen LogP contribution in [-0.2, 0) is 6.54 Å². The lowest BCUT2D eigenvalue weighted by Gasteiger charge is -2.35. The first-order chi connectivity index (χ1) is 9.04. The summed E-state index contributed by atoms with van der Waals surface area (Å²) in [5.74, 6) is -0.834. The summed E-state index contributed by atoms with van der Waals surface area (Å²) in [7, 11) is 0. The van der Waals surface area contributed by atoms with E-state index in [4.69, 9.17) is 0 Å². The van der Waals surface area contributed by atoms with Crippen molar-refractivity contribution in [3.8, 4) is 0 Å². The fraction of sp³-hybridized carbons (Fsp3) is 0.600. The molecular weight excluding hydrogens is 246 g/mol. The fourth-order valence-corrected chi connectivity index (χ4v) is 2.54. The normalized spacial score (nSPS) is 18.2. The number of piperazine rings is 1. The molecule has 0 atom stereocenters. The van der Waals surface area contributed by atoms with Crippen molar-refractivity contribution in [3.05, 3.63) is 35.4 Å². The van der Waals surface area contributed by atoms with Crippen LogP contribution in [-0.4, -0.2) is 42.5 Å². The van der Waals surface area contributed by atoms with Gasteiger partial charge in [-0.2, -0.15) is 0 Å². The van der Waals surface area contributed by atoms with E-state index in [1.165, 1.54) is 12.1 Å². The van der Waals surface area contributed by atoms with E-state index in [9.17, 15) is 8.78 Å². The van der Waals surface area contributed by atoms with Crippen molar-refractivity contribution in [2.75, 3.05) is 32.7 Å². The number of hydrogen-bond acceptors (Lipinski definition) is 2. The summed E-state index contributed by atoms with van der Waals surface area (Å²) < 4.78 is 26.0. The van der Waals surface area contributed by atoms with E-state index in [-0.39, 0.29) is 0 Å². The molecule has 0 aromatic heterocycles. The molecule has 0 aliphatic carbocycles. The molecule has 1 aliphatic rings. The third-order valence-electron chi connectivity index (χ3n) is 3.48. The zero-order valence-corrected chi connectivity index (χ0v) is 11.7. The van der Waals surface area contributed by atoms with E-state index < -0.39 is 11.6 Å². The van der Waals surface area contributed by atoms with Gasteiger partial charge in [-0.15, -0.1) is 0 Å². The summed E-state index contributed by atoms with van der Waals surface area (Å²) in [6, 6.07) is 4.18. The summed E-state index contributed by atoms with van der Waals surface area (Å²) >= 11 is 0. The molecule has 1 heterocycles. The van der Waals surface area contributed by atoms with E-state index in [1.807, 2.05) is 0 Å². The third-order valence-corrected chi connectivity index (χ3v) is 3.48. The Bertz CT molecular complexity index is 413. The maximum atomic E-state index is 13.1. The van der Waals surface area contributed by atoms with E-state index in [0.29, 0.717) is 12.5 Å². The van der Waals surface area contributed by atoms with Gasteiger partial charge in [0.25, 0.3) is 0 Å². The van der Waals surface area contributed by atoms with Crippen LogP contribution in [0, 0.1) is 17.6 Å². The maximum absolute atomic E-state index is 13.1. The highest BCUT2D eigenvalue weighted by atomic mass is 19.2. The molecule has 106 valence electrons. The molecule has 0 N–H and O–H groups in total. The molecule has 2 rings (SSSR count). The molecule has 0 bridgehead atoms. The van der Waals surface area contributed by atoms with Crippen LogP contribution in [0.5, 0.6) is 0 Å². The first-order valence-corrected chi connectivity index (χ1v) is 6.93. The Hall–Kier alpha value is -1.00. The second-order valence-electron chi connectivity index (χ2n) is 5.72. The van der Waals surface area contributed by atoms with Gasteiger partial charge in [-0.05, 0) is 23.6 Å². The van der Waals surface area contributed by atoms with Crippen molar-refractivity contribution in [2.45, 2.75) is 20.4 Å². The zero-order valence-electron chi connectivity index (χ0n) is 11.7. The van der Waals surface area contributed by atoms with Gasteiger partial charge in [-0.1, -0.05) is 19.9 Å². The van der Waals surface area contributed by atoms with Crippen molar-refractivity contribution < 1.29 is 8.78 Å². The fourth-order valence-electron chi connectivity index (χ4n) is 2.54. The molecule has 2 nitrogen and oxygen atoms in total. The van der Waals surface area contributed by atoms with Gasteiger partial charge in [0.2, 0.25) is 0 Å². The highest BCUT2D eigenvalue weighted by Gasteiger charge is 2.17. The predicted molar refractivity (Wildman–Crippen MR) is 72.9 cm³/mol. The summed E-state index contributed by atoms with van der Waals surface area (Å²) in [6.45, 7) is 10.4. The van der Waals surface area contributed by atoms with Crippen LogP contribution in [0.3, 0.4) is 0 Å². The van der Waals surface area contributed by atoms with Crippen LogP contribution in [0.15, 0.2) is 18.2 Å². The Kier molecular flexibility index (Phi) is 4.88. The first-order valence-electron chi connectivity index (χ1n) is 6.93. The Morgan fingerprint density at radius 1 is 1.00 bits per heavy atom. The zero-order chi connectivity index (χ0) is 13.8. The minimum Gasteiger partial charge on any atom is -0.301 e. The Morgan fingerprint density at radius 3 is 2.21 bits per heavy atom. The van der Waals surface area contributed by atoms with Crippen LogP contribution in [0.25, 0.3) is 0 Å². The number of nitrogens with zero attached hydrogens (tertiary/aromatic N) is 2. The number of halogens is 2. The molecule has 1 fully saturated rings. The van der Waals surface area contributed by atoms with Gasteiger partial charge in [0.05, 0.1) is 0 Å². The van der Waals surface area contributed by atoms with Gasteiger partial charge in [0.15, 0.2) is 11.6 Å². The lowest BCUT2D eigenvalue weighted by Crippen LogP contribution is -2.46. The molecule has 1 aliphatic heterocycles. The van der Waals surface area contributed by atoms with Crippen LogP contribution >= 0.6 is 0 Å². The Balaban J connectivity index is 1.83. The molecule has 0 saturated carbocycles. The quantitative estimate of drug-likeness (QED) is 0.828. The van der Waals surface area contributed by atoms with Gasteiger partial charge in [0.1, 0.15) is 0 Å². The monoisotopic (exact) mass is 268 g/mol. The van der Waals surface area contributed by atoms with Gasteiger partial charge in [-0.3, -0.25) is 4.90 Å².